The van der Waals surface area contributed by atoms with E-state index in [1.807, 2.05) is 4.90 Å². The van der Waals surface area contributed by atoms with Crippen molar-refractivity contribution in [1.82, 2.24) is 20.4 Å². The molecule has 28 heavy (non-hydrogen) atoms. The number of nitrogens with one attached hydrogen (secondary N) is 2. The molecule has 1 aliphatic rings. The minimum Gasteiger partial charge on any atom is -0.383 e. The number of benzene rings is 1. The molecule has 2 rings (SSSR count). The van der Waals surface area contributed by atoms with E-state index < -0.39 is 11.7 Å². The largest absolute Gasteiger partial charge is 0.383 e. The summed E-state index contributed by atoms with van der Waals surface area (Å²) in [5, 5.41) is 5.79. The molecule has 0 saturated carbocycles. The van der Waals surface area contributed by atoms with Crippen LogP contribution in [0, 0.1) is 5.82 Å². The van der Waals surface area contributed by atoms with Gasteiger partial charge in [-0.05, 0) is 12.1 Å². The van der Waals surface area contributed by atoms with E-state index >= 15 is 0 Å². The first kappa shape index (κ1) is 26.6. The van der Waals surface area contributed by atoms with Crippen LogP contribution in [-0.2, 0) is 9.53 Å². The molecule has 160 valence electrons. The average molecular weight is 439 g/mol. The highest BCUT2D eigenvalue weighted by molar-refractivity contribution is 5.94. The van der Waals surface area contributed by atoms with Crippen LogP contribution in [0.5, 0.6) is 0 Å². The molecule has 7 nitrogen and oxygen atoms in total. The average Bonchev–Trinajstić information content (AvgIpc) is 2.66. The SMILES string of the molecule is COCCNCC(=O)N1CCN(CCNC(=O)c2ccccc2F)CC1.Cl.Cl. The van der Waals surface area contributed by atoms with Gasteiger partial charge in [0.15, 0.2) is 0 Å². The molecule has 0 aromatic heterocycles. The van der Waals surface area contributed by atoms with Gasteiger partial charge in [-0.15, -0.1) is 24.8 Å². The van der Waals surface area contributed by atoms with Crippen molar-refractivity contribution in [1.29, 1.82) is 0 Å². The normalized spacial score (nSPS) is 14.0. The van der Waals surface area contributed by atoms with Crippen LogP contribution < -0.4 is 10.6 Å². The Hall–Kier alpha value is -1.45. The Balaban J connectivity index is 0.00000364. The number of hydrogen-bond acceptors (Lipinski definition) is 5. The maximum Gasteiger partial charge on any atom is 0.254 e. The summed E-state index contributed by atoms with van der Waals surface area (Å²) < 4.78 is 18.5. The van der Waals surface area contributed by atoms with Gasteiger partial charge in [0.2, 0.25) is 5.91 Å². The first-order valence-electron chi connectivity index (χ1n) is 8.84. The number of amides is 2. The standard InChI is InChI=1S/C18H27FN4O3.2ClH/c1-26-13-7-20-14-17(24)23-11-9-22(10-12-23)8-6-21-18(25)15-4-2-3-5-16(15)19;;/h2-5,20H,6-14H2,1H3,(H,21,25);2*1H. The summed E-state index contributed by atoms with van der Waals surface area (Å²) in [6, 6.07) is 5.93. The number of rotatable bonds is 9. The van der Waals surface area contributed by atoms with E-state index in [-0.39, 0.29) is 36.3 Å². The van der Waals surface area contributed by atoms with Crippen molar-refractivity contribution in [2.45, 2.75) is 0 Å². The van der Waals surface area contributed by atoms with E-state index in [0.29, 0.717) is 45.9 Å². The highest BCUT2D eigenvalue weighted by Gasteiger charge is 2.20. The van der Waals surface area contributed by atoms with Crippen molar-refractivity contribution >= 4 is 36.6 Å². The zero-order valence-corrected chi connectivity index (χ0v) is 17.6. The van der Waals surface area contributed by atoms with Crippen LogP contribution in [0.4, 0.5) is 4.39 Å². The first-order valence-corrected chi connectivity index (χ1v) is 8.84. The molecule has 2 N–H and O–H groups in total. The van der Waals surface area contributed by atoms with Gasteiger partial charge in [0, 0.05) is 52.9 Å². The lowest BCUT2D eigenvalue weighted by molar-refractivity contribution is -0.132. The van der Waals surface area contributed by atoms with E-state index in [1.54, 1.807) is 19.2 Å². The fourth-order valence-corrected chi connectivity index (χ4v) is 2.77. The molecule has 0 atom stereocenters. The maximum absolute atomic E-state index is 13.6. The van der Waals surface area contributed by atoms with Gasteiger partial charge < -0.3 is 20.3 Å². The van der Waals surface area contributed by atoms with Crippen LogP contribution >= 0.6 is 24.8 Å². The van der Waals surface area contributed by atoms with Crippen LogP contribution in [0.15, 0.2) is 24.3 Å². The van der Waals surface area contributed by atoms with Gasteiger partial charge in [0.25, 0.3) is 5.91 Å². The van der Waals surface area contributed by atoms with E-state index in [9.17, 15) is 14.0 Å². The Labute approximate surface area is 177 Å². The number of carbonyl (C=O) groups is 2. The second kappa shape index (κ2) is 14.5. The molecule has 0 aliphatic carbocycles. The van der Waals surface area contributed by atoms with Crippen LogP contribution in [0.1, 0.15) is 10.4 Å². The van der Waals surface area contributed by atoms with Gasteiger partial charge in [-0.2, -0.15) is 0 Å². The first-order chi connectivity index (χ1) is 12.6. The molecule has 0 bridgehead atoms. The molecule has 1 saturated heterocycles. The number of hydrogen-bond donors (Lipinski definition) is 2. The molecule has 1 aromatic carbocycles. The number of nitrogens with zero attached hydrogens (tertiary/aromatic N) is 2. The Kier molecular flexibility index (Phi) is 13.8. The molecule has 1 heterocycles. The third kappa shape index (κ3) is 8.70. The predicted octanol–water partition coefficient (Wildman–Crippen LogP) is 0.779. The smallest absolute Gasteiger partial charge is 0.254 e. The fraction of sp³-hybridized carbons (Fsp3) is 0.556. The predicted molar refractivity (Wildman–Crippen MR) is 111 cm³/mol. The third-order valence-electron chi connectivity index (χ3n) is 4.32. The summed E-state index contributed by atoms with van der Waals surface area (Å²) in [6.07, 6.45) is 0. The minimum atomic E-state index is -0.517. The molecule has 1 aliphatic heterocycles. The number of halogens is 3. The van der Waals surface area contributed by atoms with E-state index in [2.05, 4.69) is 15.5 Å². The van der Waals surface area contributed by atoms with Gasteiger partial charge in [0.05, 0.1) is 18.7 Å². The molecular weight excluding hydrogens is 410 g/mol. The number of methoxy groups -OCH3 is 1. The van der Waals surface area contributed by atoms with Gasteiger partial charge >= 0.3 is 0 Å². The van der Waals surface area contributed by atoms with Gasteiger partial charge in [-0.1, -0.05) is 12.1 Å². The number of ether oxygens (including phenoxy) is 1. The summed E-state index contributed by atoms with van der Waals surface area (Å²) in [4.78, 5) is 28.1. The highest BCUT2D eigenvalue weighted by atomic mass is 35.5. The lowest BCUT2D eigenvalue weighted by atomic mass is 10.2. The van der Waals surface area contributed by atoms with Gasteiger partial charge in [-0.25, -0.2) is 4.39 Å². The van der Waals surface area contributed by atoms with Crippen molar-refractivity contribution in [3.63, 3.8) is 0 Å². The summed E-state index contributed by atoms with van der Waals surface area (Å²) in [7, 11) is 1.63. The summed E-state index contributed by atoms with van der Waals surface area (Å²) in [5.74, 6) is -0.830. The highest BCUT2D eigenvalue weighted by Crippen LogP contribution is 2.06. The summed E-state index contributed by atoms with van der Waals surface area (Å²) in [5.41, 5.74) is 0.0592. The maximum atomic E-state index is 13.6. The van der Waals surface area contributed by atoms with E-state index in [0.717, 1.165) is 13.1 Å². The van der Waals surface area contributed by atoms with Crippen molar-refractivity contribution < 1.29 is 18.7 Å². The second-order valence-electron chi connectivity index (χ2n) is 6.13. The topological polar surface area (TPSA) is 73.9 Å². The minimum absolute atomic E-state index is 0. The number of carbonyl (C=O) groups excluding carboxylic acids is 2. The third-order valence-corrected chi connectivity index (χ3v) is 4.32. The van der Waals surface area contributed by atoms with Gasteiger partial charge in [0.1, 0.15) is 5.82 Å². The Bertz CT molecular complexity index is 602. The monoisotopic (exact) mass is 438 g/mol. The molecule has 10 heteroatoms. The van der Waals surface area contributed by atoms with Gasteiger partial charge in [-0.3, -0.25) is 14.5 Å². The zero-order chi connectivity index (χ0) is 18.8. The van der Waals surface area contributed by atoms with Crippen molar-refractivity contribution in [3.05, 3.63) is 35.6 Å². The van der Waals surface area contributed by atoms with Crippen LogP contribution in [0.25, 0.3) is 0 Å². The Morgan fingerprint density at radius 1 is 1.11 bits per heavy atom. The summed E-state index contributed by atoms with van der Waals surface area (Å²) >= 11 is 0. The Morgan fingerprint density at radius 2 is 1.79 bits per heavy atom. The van der Waals surface area contributed by atoms with Crippen LogP contribution in [0.2, 0.25) is 0 Å². The summed E-state index contributed by atoms with van der Waals surface area (Å²) in [6.45, 7) is 5.55. The Morgan fingerprint density at radius 3 is 2.43 bits per heavy atom. The molecule has 1 aromatic rings. The van der Waals surface area contributed by atoms with E-state index in [4.69, 9.17) is 4.74 Å². The second-order valence-corrected chi connectivity index (χ2v) is 6.13. The fourth-order valence-electron chi connectivity index (χ4n) is 2.77. The van der Waals surface area contributed by atoms with Crippen LogP contribution in [0.3, 0.4) is 0 Å². The lowest BCUT2D eigenvalue weighted by Crippen LogP contribution is -2.52. The zero-order valence-electron chi connectivity index (χ0n) is 16.0. The lowest BCUT2D eigenvalue weighted by Gasteiger charge is -2.34. The molecule has 0 unspecified atom stereocenters. The van der Waals surface area contributed by atoms with Crippen molar-refractivity contribution in [3.8, 4) is 0 Å². The molecule has 0 spiro atoms. The molecule has 1 fully saturated rings. The quantitative estimate of drug-likeness (QED) is 0.557. The number of piperazine rings is 1. The molecule has 0 radical (unpaired) electrons. The molecular formula is C18H29Cl2FN4O3. The van der Waals surface area contributed by atoms with E-state index in [1.165, 1.54) is 12.1 Å². The van der Waals surface area contributed by atoms with Crippen molar-refractivity contribution in [2.24, 2.45) is 0 Å². The van der Waals surface area contributed by atoms with Crippen molar-refractivity contribution in [2.75, 3.05) is 66.1 Å². The van der Waals surface area contributed by atoms with Crippen LogP contribution in [-0.4, -0.2) is 87.7 Å². The molecule has 2 amide bonds.